The predicted molar refractivity (Wildman–Crippen MR) is 149 cm³/mol. The third-order valence-electron chi connectivity index (χ3n) is 10.1. The van der Waals surface area contributed by atoms with Gasteiger partial charge in [-0.3, -0.25) is 19.3 Å². The van der Waals surface area contributed by atoms with Crippen molar-refractivity contribution in [2.45, 2.75) is 118 Å². The highest BCUT2D eigenvalue weighted by Crippen LogP contribution is 2.60. The Labute approximate surface area is 243 Å². The zero-order chi connectivity index (χ0) is 30.1. The standard InChI is InChI=1S/C32H47NO8/c1-8-39-28(38)32-18(2)41-27(29(3,4)5)33(32)26(37)24(25(32)36)22(34)15-30(6,7)16-23(35)40-17-31-12-19-9-20(13-31)11-21(10-19)14-31/h18-21,27,34H,8-17H2,1-7H3/b24-22-/t18-,19?,20?,21?,27-,31?,32-/m1/s1. The second-order valence-corrected chi connectivity index (χ2v) is 15.4. The Balaban J connectivity index is 1.32. The minimum atomic E-state index is -2.00. The van der Waals surface area contributed by atoms with Gasteiger partial charge in [-0.25, -0.2) is 4.79 Å². The van der Waals surface area contributed by atoms with E-state index in [1.807, 2.05) is 20.8 Å². The molecule has 0 aromatic carbocycles. The smallest absolute Gasteiger partial charge is 0.343 e. The van der Waals surface area contributed by atoms with Crippen LogP contribution >= 0.6 is 0 Å². The Morgan fingerprint density at radius 2 is 1.54 bits per heavy atom. The number of Topliss-reactive ketones (excluding diaryl/α,β-unsaturated/α-hetero) is 1. The van der Waals surface area contributed by atoms with Crippen molar-refractivity contribution in [2.75, 3.05) is 13.2 Å². The predicted octanol–water partition coefficient (Wildman–Crippen LogP) is 4.87. The number of aliphatic hydroxyl groups is 1. The van der Waals surface area contributed by atoms with Gasteiger partial charge in [0.1, 0.15) is 17.6 Å². The second-order valence-electron chi connectivity index (χ2n) is 15.4. The van der Waals surface area contributed by atoms with Gasteiger partial charge in [0.25, 0.3) is 5.91 Å². The highest BCUT2D eigenvalue weighted by Gasteiger charge is 2.73. The highest BCUT2D eigenvalue weighted by molar-refractivity contribution is 6.35. The second kappa shape index (κ2) is 10.1. The van der Waals surface area contributed by atoms with Gasteiger partial charge >= 0.3 is 11.9 Å². The van der Waals surface area contributed by atoms with Crippen molar-refractivity contribution < 1.29 is 38.5 Å². The van der Waals surface area contributed by atoms with E-state index in [-0.39, 0.29) is 30.8 Å². The summed E-state index contributed by atoms with van der Waals surface area (Å²) in [4.78, 5) is 55.2. The summed E-state index contributed by atoms with van der Waals surface area (Å²) in [5.41, 5.74) is -3.75. The SMILES string of the molecule is CCOC(=O)[C@@]12C(=O)/C(=C(/O)CC(C)(C)CC(=O)OCC34CC5CC(CC(C5)C3)C4)C(=O)N1[C@@H](C(C)(C)C)O[C@@H]2C. The molecule has 6 fully saturated rings. The summed E-state index contributed by atoms with van der Waals surface area (Å²) in [6.07, 6.45) is 5.46. The van der Waals surface area contributed by atoms with E-state index in [1.165, 1.54) is 19.3 Å². The monoisotopic (exact) mass is 573 g/mol. The van der Waals surface area contributed by atoms with Gasteiger partial charge in [0.2, 0.25) is 11.3 Å². The van der Waals surface area contributed by atoms with Crippen LogP contribution in [0, 0.1) is 34.0 Å². The number of hydrogen-bond acceptors (Lipinski definition) is 8. The van der Waals surface area contributed by atoms with Crippen molar-refractivity contribution in [1.82, 2.24) is 4.90 Å². The molecule has 4 bridgehead atoms. The van der Waals surface area contributed by atoms with Crippen molar-refractivity contribution in [2.24, 2.45) is 34.0 Å². The minimum absolute atomic E-state index is 0.0201. The van der Waals surface area contributed by atoms with Crippen molar-refractivity contribution in [3.63, 3.8) is 0 Å². The molecule has 9 nitrogen and oxygen atoms in total. The Morgan fingerprint density at radius 1 is 0.976 bits per heavy atom. The van der Waals surface area contributed by atoms with Crippen molar-refractivity contribution >= 4 is 23.6 Å². The van der Waals surface area contributed by atoms with Gasteiger partial charge in [-0.1, -0.05) is 34.6 Å². The molecule has 0 spiro atoms. The van der Waals surface area contributed by atoms with Crippen LogP contribution in [-0.4, -0.2) is 64.7 Å². The van der Waals surface area contributed by atoms with E-state index in [1.54, 1.807) is 27.7 Å². The van der Waals surface area contributed by atoms with Crippen molar-refractivity contribution in [1.29, 1.82) is 0 Å². The average molecular weight is 574 g/mol. The molecule has 1 N–H and O–H groups in total. The van der Waals surface area contributed by atoms with Gasteiger partial charge in [-0.15, -0.1) is 0 Å². The van der Waals surface area contributed by atoms with Crippen LogP contribution in [0.2, 0.25) is 0 Å². The van der Waals surface area contributed by atoms with E-state index >= 15 is 0 Å². The first-order chi connectivity index (χ1) is 19.0. The summed E-state index contributed by atoms with van der Waals surface area (Å²) in [5.74, 6) is -0.930. The molecule has 0 aromatic heterocycles. The molecule has 2 heterocycles. The lowest BCUT2D eigenvalue weighted by molar-refractivity contribution is -0.162. The van der Waals surface area contributed by atoms with Crippen molar-refractivity contribution in [3.05, 3.63) is 11.3 Å². The quantitative estimate of drug-likeness (QED) is 0.144. The zero-order valence-corrected chi connectivity index (χ0v) is 25.7. The van der Waals surface area contributed by atoms with Gasteiger partial charge in [0, 0.05) is 17.3 Å². The maximum Gasteiger partial charge on any atom is 0.343 e. The van der Waals surface area contributed by atoms with E-state index in [0.29, 0.717) is 6.61 Å². The van der Waals surface area contributed by atoms with Crippen LogP contribution in [0.25, 0.3) is 0 Å². The van der Waals surface area contributed by atoms with Crippen LogP contribution in [0.15, 0.2) is 11.3 Å². The van der Waals surface area contributed by atoms with Crippen LogP contribution in [0.1, 0.15) is 99.8 Å². The van der Waals surface area contributed by atoms with Crippen LogP contribution in [0.5, 0.6) is 0 Å². The number of amides is 1. The Bertz CT molecular complexity index is 1130. The van der Waals surface area contributed by atoms with E-state index in [0.717, 1.165) is 41.9 Å². The lowest BCUT2D eigenvalue weighted by atomic mass is 9.50. The first kappa shape index (κ1) is 30.1. The average Bonchev–Trinajstić information content (AvgIpc) is 3.27. The summed E-state index contributed by atoms with van der Waals surface area (Å²) >= 11 is 0. The van der Waals surface area contributed by atoms with E-state index in [9.17, 15) is 24.3 Å². The molecule has 4 saturated carbocycles. The molecular formula is C32H47NO8. The highest BCUT2D eigenvalue weighted by atomic mass is 16.6. The number of nitrogens with zero attached hydrogens (tertiary/aromatic N) is 1. The van der Waals surface area contributed by atoms with Crippen LogP contribution in [0.3, 0.4) is 0 Å². The van der Waals surface area contributed by atoms with Crippen LogP contribution < -0.4 is 0 Å². The number of allylic oxidation sites excluding steroid dienone is 1. The lowest BCUT2D eigenvalue weighted by Gasteiger charge is -2.56. The Morgan fingerprint density at radius 3 is 2.05 bits per heavy atom. The minimum Gasteiger partial charge on any atom is -0.511 e. The van der Waals surface area contributed by atoms with Gasteiger partial charge in [0.05, 0.1) is 25.7 Å². The number of hydrogen-bond donors (Lipinski definition) is 1. The van der Waals surface area contributed by atoms with Gasteiger partial charge in [-0.2, -0.15) is 0 Å². The largest absolute Gasteiger partial charge is 0.511 e. The molecule has 6 aliphatic rings. The molecule has 9 heteroatoms. The molecule has 4 aliphatic carbocycles. The summed E-state index contributed by atoms with van der Waals surface area (Å²) in [5, 5.41) is 11.2. The fourth-order valence-corrected chi connectivity index (χ4v) is 8.89. The number of rotatable bonds is 8. The Kier molecular flexibility index (Phi) is 7.40. The maximum absolute atomic E-state index is 13.9. The summed E-state index contributed by atoms with van der Waals surface area (Å²) in [6.45, 7) is 12.8. The Hall–Kier alpha value is -2.42. The van der Waals surface area contributed by atoms with Gasteiger partial charge in [0.15, 0.2) is 0 Å². The number of fused-ring (bicyclic) bond motifs is 1. The molecule has 228 valence electrons. The first-order valence-electron chi connectivity index (χ1n) is 15.3. The lowest BCUT2D eigenvalue weighted by Crippen LogP contribution is -2.60. The van der Waals surface area contributed by atoms with E-state index in [4.69, 9.17) is 14.2 Å². The molecule has 41 heavy (non-hydrogen) atoms. The number of carbonyl (C=O) groups is 4. The molecule has 3 atom stereocenters. The zero-order valence-electron chi connectivity index (χ0n) is 25.7. The van der Waals surface area contributed by atoms with E-state index in [2.05, 4.69) is 0 Å². The molecule has 0 aromatic rings. The molecule has 0 unspecified atom stereocenters. The number of aliphatic hydroxyl groups excluding tert-OH is 1. The third kappa shape index (κ3) is 5.00. The topological polar surface area (TPSA) is 119 Å². The number of ether oxygens (including phenoxy) is 3. The van der Waals surface area contributed by atoms with Crippen LogP contribution in [0.4, 0.5) is 0 Å². The molecule has 2 saturated heterocycles. The van der Waals surface area contributed by atoms with Gasteiger partial charge < -0.3 is 19.3 Å². The number of carbonyl (C=O) groups excluding carboxylic acids is 4. The fraction of sp³-hybridized carbons (Fsp3) is 0.812. The summed E-state index contributed by atoms with van der Waals surface area (Å²) < 4.78 is 17.2. The fourth-order valence-electron chi connectivity index (χ4n) is 8.89. The first-order valence-corrected chi connectivity index (χ1v) is 15.3. The molecule has 2 aliphatic heterocycles. The van der Waals surface area contributed by atoms with E-state index < -0.39 is 57.7 Å². The van der Waals surface area contributed by atoms with Gasteiger partial charge in [-0.05, 0) is 75.5 Å². The molecule has 6 rings (SSSR count). The number of ketones is 1. The van der Waals surface area contributed by atoms with Crippen molar-refractivity contribution in [3.8, 4) is 0 Å². The summed E-state index contributed by atoms with van der Waals surface area (Å²) in [7, 11) is 0. The third-order valence-corrected chi connectivity index (χ3v) is 10.1. The summed E-state index contributed by atoms with van der Waals surface area (Å²) in [6, 6.07) is 0. The number of esters is 2. The molecule has 1 amide bonds. The maximum atomic E-state index is 13.9. The molecule has 0 radical (unpaired) electrons. The normalized spacial score (nSPS) is 37.4. The van der Waals surface area contributed by atoms with Crippen LogP contribution in [-0.2, 0) is 33.4 Å². The molecular weight excluding hydrogens is 526 g/mol.